The molecule has 9 heteroatoms. The number of aromatic nitrogens is 2. The molecule has 0 bridgehead atoms. The molecule has 2 aliphatic rings. The molecule has 152 valence electrons. The average molecular weight is 398 g/mol. The van der Waals surface area contributed by atoms with Gasteiger partial charge in [-0.1, -0.05) is 6.42 Å². The number of aryl methyl sites for hydroxylation is 1. The van der Waals surface area contributed by atoms with Crippen molar-refractivity contribution in [1.29, 1.82) is 0 Å². The zero-order valence-corrected chi connectivity index (χ0v) is 17.1. The van der Waals surface area contributed by atoms with Crippen molar-refractivity contribution >= 4 is 16.1 Å². The molecule has 0 spiro atoms. The summed E-state index contributed by atoms with van der Waals surface area (Å²) in [6.07, 6.45) is 7.64. The molecule has 1 N–H and O–H groups in total. The van der Waals surface area contributed by atoms with Crippen LogP contribution in [0, 0.1) is 0 Å². The molecule has 2 aliphatic heterocycles. The molecule has 1 aromatic rings. The standard InChI is InChI=1S/C18H31N5O3S/c1-3-22-17(7-10-20-22)15-8-12-21(13-9-15)18(24)19-14-16-6-4-5-11-23(16)27(2,25)26/h7,10,15-16H,3-6,8-9,11-14H2,1-2H3,(H,19,24). The van der Waals surface area contributed by atoms with Gasteiger partial charge < -0.3 is 10.2 Å². The van der Waals surface area contributed by atoms with E-state index in [0.717, 1.165) is 38.6 Å². The second-order valence-corrected chi connectivity index (χ2v) is 9.48. The first-order valence-electron chi connectivity index (χ1n) is 9.91. The monoisotopic (exact) mass is 397 g/mol. The van der Waals surface area contributed by atoms with Gasteiger partial charge in [0.2, 0.25) is 10.0 Å². The molecule has 2 fully saturated rings. The van der Waals surface area contributed by atoms with Gasteiger partial charge in [-0.2, -0.15) is 9.40 Å². The number of sulfonamides is 1. The zero-order chi connectivity index (χ0) is 19.4. The van der Waals surface area contributed by atoms with E-state index in [1.165, 1.54) is 16.3 Å². The van der Waals surface area contributed by atoms with Crippen molar-refractivity contribution in [3.8, 4) is 0 Å². The van der Waals surface area contributed by atoms with Gasteiger partial charge in [-0.05, 0) is 38.7 Å². The average Bonchev–Trinajstić information content (AvgIpc) is 3.14. The molecule has 1 aromatic heterocycles. The summed E-state index contributed by atoms with van der Waals surface area (Å²) in [7, 11) is -3.23. The Hall–Kier alpha value is -1.61. The van der Waals surface area contributed by atoms with Crippen LogP contribution in [0.4, 0.5) is 4.79 Å². The highest BCUT2D eigenvalue weighted by Crippen LogP contribution is 2.28. The van der Waals surface area contributed by atoms with E-state index in [4.69, 9.17) is 0 Å². The lowest BCUT2D eigenvalue weighted by Gasteiger charge is -2.35. The summed E-state index contributed by atoms with van der Waals surface area (Å²) in [6.45, 7) is 5.31. The quantitative estimate of drug-likeness (QED) is 0.818. The Kier molecular flexibility index (Phi) is 6.41. The first-order chi connectivity index (χ1) is 12.9. The van der Waals surface area contributed by atoms with E-state index in [9.17, 15) is 13.2 Å². The highest BCUT2D eigenvalue weighted by atomic mass is 32.2. The van der Waals surface area contributed by atoms with Crippen molar-refractivity contribution in [2.75, 3.05) is 32.4 Å². The lowest BCUT2D eigenvalue weighted by atomic mass is 9.93. The molecule has 2 amide bonds. The van der Waals surface area contributed by atoms with E-state index in [2.05, 4.69) is 23.4 Å². The van der Waals surface area contributed by atoms with Gasteiger partial charge in [-0.15, -0.1) is 0 Å². The number of rotatable bonds is 5. The van der Waals surface area contributed by atoms with Crippen LogP contribution in [0.2, 0.25) is 0 Å². The Balaban J connectivity index is 1.49. The molecule has 1 unspecified atom stereocenters. The first kappa shape index (κ1) is 20.1. The maximum Gasteiger partial charge on any atom is 0.317 e. The number of nitrogens with zero attached hydrogens (tertiary/aromatic N) is 4. The molecule has 2 saturated heterocycles. The number of piperidine rings is 2. The van der Waals surface area contributed by atoms with Gasteiger partial charge in [0.15, 0.2) is 0 Å². The number of amides is 2. The van der Waals surface area contributed by atoms with Gasteiger partial charge >= 0.3 is 6.03 Å². The topological polar surface area (TPSA) is 87.5 Å². The molecule has 0 saturated carbocycles. The lowest BCUT2D eigenvalue weighted by Crippen LogP contribution is -2.52. The maximum absolute atomic E-state index is 12.5. The molecular formula is C18H31N5O3S. The summed E-state index contributed by atoms with van der Waals surface area (Å²) in [5.41, 5.74) is 1.25. The van der Waals surface area contributed by atoms with Crippen molar-refractivity contribution in [1.82, 2.24) is 24.3 Å². The minimum absolute atomic E-state index is 0.0866. The summed E-state index contributed by atoms with van der Waals surface area (Å²) in [5, 5.41) is 7.30. The molecular weight excluding hydrogens is 366 g/mol. The van der Waals surface area contributed by atoms with E-state index < -0.39 is 10.0 Å². The molecule has 8 nitrogen and oxygen atoms in total. The first-order valence-corrected chi connectivity index (χ1v) is 11.8. The van der Waals surface area contributed by atoms with Crippen molar-refractivity contribution in [2.24, 2.45) is 0 Å². The van der Waals surface area contributed by atoms with Crippen molar-refractivity contribution in [3.05, 3.63) is 18.0 Å². The predicted molar refractivity (Wildman–Crippen MR) is 104 cm³/mol. The van der Waals surface area contributed by atoms with Crippen LogP contribution in [0.5, 0.6) is 0 Å². The Bertz CT molecular complexity index is 740. The van der Waals surface area contributed by atoms with Crippen molar-refractivity contribution in [3.63, 3.8) is 0 Å². The third-order valence-electron chi connectivity index (χ3n) is 5.74. The van der Waals surface area contributed by atoms with Crippen molar-refractivity contribution in [2.45, 2.75) is 57.5 Å². The number of carbonyl (C=O) groups excluding carboxylic acids is 1. The van der Waals surface area contributed by atoms with Crippen LogP contribution in [0.3, 0.4) is 0 Å². The second kappa shape index (κ2) is 8.60. The number of carbonyl (C=O) groups is 1. The summed E-state index contributed by atoms with van der Waals surface area (Å²) < 4.78 is 27.4. The summed E-state index contributed by atoms with van der Waals surface area (Å²) in [4.78, 5) is 14.4. The SMILES string of the molecule is CCn1nccc1C1CCN(C(=O)NCC2CCCCN2S(C)(=O)=O)CC1. The van der Waals surface area contributed by atoms with Crippen LogP contribution in [0.25, 0.3) is 0 Å². The minimum Gasteiger partial charge on any atom is -0.336 e. The van der Waals surface area contributed by atoms with E-state index in [1.54, 1.807) is 0 Å². The summed E-state index contributed by atoms with van der Waals surface area (Å²) in [6, 6.07) is 1.86. The van der Waals surface area contributed by atoms with E-state index >= 15 is 0 Å². The van der Waals surface area contributed by atoms with Crippen molar-refractivity contribution < 1.29 is 13.2 Å². The van der Waals surface area contributed by atoms with Crippen LogP contribution >= 0.6 is 0 Å². The lowest BCUT2D eigenvalue weighted by molar-refractivity contribution is 0.174. The van der Waals surface area contributed by atoms with Crippen LogP contribution in [0.1, 0.15) is 50.6 Å². The highest BCUT2D eigenvalue weighted by Gasteiger charge is 2.31. The maximum atomic E-state index is 12.5. The van der Waals surface area contributed by atoms with E-state index in [1.807, 2.05) is 15.8 Å². The molecule has 27 heavy (non-hydrogen) atoms. The van der Waals surface area contributed by atoms with Crippen LogP contribution in [-0.4, -0.2) is 71.9 Å². The van der Waals surface area contributed by atoms with Crippen LogP contribution in [-0.2, 0) is 16.6 Å². The Morgan fingerprint density at radius 3 is 2.63 bits per heavy atom. The Morgan fingerprint density at radius 2 is 1.96 bits per heavy atom. The number of hydrogen-bond donors (Lipinski definition) is 1. The van der Waals surface area contributed by atoms with Gasteiger partial charge in [-0.25, -0.2) is 13.2 Å². The molecule has 0 radical (unpaired) electrons. The molecule has 3 rings (SSSR count). The van der Waals surface area contributed by atoms with Crippen LogP contribution < -0.4 is 5.32 Å². The second-order valence-electron chi connectivity index (χ2n) is 7.54. The third kappa shape index (κ3) is 4.82. The number of likely N-dealkylation sites (tertiary alicyclic amines) is 1. The predicted octanol–water partition coefficient (Wildman–Crippen LogP) is 1.61. The normalized spacial score (nSPS) is 22.7. The van der Waals surface area contributed by atoms with Gasteiger partial charge in [-0.3, -0.25) is 4.68 Å². The molecule has 0 aliphatic carbocycles. The third-order valence-corrected chi connectivity index (χ3v) is 7.07. The Morgan fingerprint density at radius 1 is 1.22 bits per heavy atom. The fourth-order valence-corrected chi connectivity index (χ4v) is 5.45. The number of urea groups is 1. The summed E-state index contributed by atoms with van der Waals surface area (Å²) in [5.74, 6) is 0.440. The number of nitrogens with one attached hydrogen (secondary N) is 1. The van der Waals surface area contributed by atoms with E-state index in [-0.39, 0.29) is 12.1 Å². The molecule has 0 aromatic carbocycles. The molecule has 1 atom stereocenters. The summed E-state index contributed by atoms with van der Waals surface area (Å²) >= 11 is 0. The number of hydrogen-bond acceptors (Lipinski definition) is 4. The molecule has 3 heterocycles. The van der Waals surface area contributed by atoms with Gasteiger partial charge in [0.1, 0.15) is 0 Å². The smallest absolute Gasteiger partial charge is 0.317 e. The van der Waals surface area contributed by atoms with E-state index in [0.29, 0.717) is 32.1 Å². The fraction of sp³-hybridized carbons (Fsp3) is 0.778. The van der Waals surface area contributed by atoms with Gasteiger partial charge in [0, 0.05) is 56.6 Å². The fourth-order valence-electron chi connectivity index (χ4n) is 4.26. The Labute approximate surface area is 161 Å². The van der Waals surface area contributed by atoms with Crippen LogP contribution in [0.15, 0.2) is 12.3 Å². The largest absolute Gasteiger partial charge is 0.336 e. The van der Waals surface area contributed by atoms with Gasteiger partial charge in [0.05, 0.1) is 6.26 Å². The van der Waals surface area contributed by atoms with Gasteiger partial charge in [0.25, 0.3) is 0 Å². The minimum atomic E-state index is -3.23. The highest BCUT2D eigenvalue weighted by molar-refractivity contribution is 7.88. The zero-order valence-electron chi connectivity index (χ0n) is 16.3.